The summed E-state index contributed by atoms with van der Waals surface area (Å²) < 4.78 is 5.17. The van der Waals surface area contributed by atoms with Crippen molar-refractivity contribution in [3.05, 3.63) is 64.4 Å². The van der Waals surface area contributed by atoms with E-state index < -0.39 is 12.1 Å². The van der Waals surface area contributed by atoms with Crippen LogP contribution in [0.4, 0.5) is 0 Å². The highest BCUT2D eigenvalue weighted by Crippen LogP contribution is 2.31. The van der Waals surface area contributed by atoms with Crippen LogP contribution in [0, 0.1) is 0 Å². The Kier molecular flexibility index (Phi) is 5.71. The fourth-order valence-corrected chi connectivity index (χ4v) is 3.46. The maximum atomic E-state index is 12.4. The molecule has 0 spiro atoms. The van der Waals surface area contributed by atoms with E-state index in [2.05, 4.69) is 11.9 Å². The van der Waals surface area contributed by atoms with Crippen molar-refractivity contribution in [3.63, 3.8) is 0 Å². The third kappa shape index (κ3) is 4.25. The van der Waals surface area contributed by atoms with Gasteiger partial charge in [0.1, 0.15) is 0 Å². The van der Waals surface area contributed by atoms with Crippen LogP contribution in [-0.4, -0.2) is 35.3 Å². The number of carbonyl (C=O) groups excluding carboxylic acids is 3. The number of nitrogens with zero attached hydrogens (tertiary/aromatic N) is 1. The van der Waals surface area contributed by atoms with Gasteiger partial charge in [-0.1, -0.05) is 30.8 Å². The molecule has 6 nitrogen and oxygen atoms in total. The van der Waals surface area contributed by atoms with Gasteiger partial charge in [-0.05, 0) is 24.4 Å². The average molecular weight is 384 g/mol. The Morgan fingerprint density at radius 2 is 1.96 bits per heavy atom. The molecule has 2 aromatic rings. The van der Waals surface area contributed by atoms with Crippen LogP contribution in [0.3, 0.4) is 0 Å². The number of fused-ring (bicyclic) bond motifs is 1. The molecule has 0 bridgehead atoms. The van der Waals surface area contributed by atoms with Gasteiger partial charge in [0.25, 0.3) is 11.8 Å². The van der Waals surface area contributed by atoms with Crippen LogP contribution in [0.5, 0.6) is 0 Å². The van der Waals surface area contributed by atoms with Crippen LogP contribution in [0.15, 0.2) is 48.4 Å². The maximum absolute atomic E-state index is 12.4. The fraction of sp³-hybridized carbons (Fsp3) is 0.250. The molecule has 0 aliphatic carbocycles. The molecular weight excluding hydrogens is 364 g/mol. The van der Waals surface area contributed by atoms with Crippen LogP contribution in [0.2, 0.25) is 0 Å². The van der Waals surface area contributed by atoms with E-state index in [1.807, 2.05) is 29.6 Å². The van der Waals surface area contributed by atoms with E-state index in [1.165, 1.54) is 23.2 Å². The van der Waals surface area contributed by atoms with Crippen molar-refractivity contribution in [1.29, 1.82) is 0 Å². The highest BCUT2D eigenvalue weighted by Gasteiger charge is 2.31. The number of ether oxygens (including phenoxy) is 1. The Morgan fingerprint density at radius 3 is 2.63 bits per heavy atom. The summed E-state index contributed by atoms with van der Waals surface area (Å²) in [6.07, 6.45) is -0.909. The lowest BCUT2D eigenvalue weighted by molar-refractivity contribution is -0.154. The van der Waals surface area contributed by atoms with Crippen LogP contribution in [0.1, 0.15) is 34.1 Å². The first-order chi connectivity index (χ1) is 13.0. The number of carbonyl (C=O) groups is 3. The van der Waals surface area contributed by atoms with E-state index in [0.717, 1.165) is 10.4 Å². The Balaban J connectivity index is 1.46. The van der Waals surface area contributed by atoms with Gasteiger partial charge in [-0.2, -0.15) is 0 Å². The van der Waals surface area contributed by atoms with Gasteiger partial charge in [0.15, 0.2) is 6.10 Å². The predicted octanol–water partition coefficient (Wildman–Crippen LogP) is 2.81. The molecule has 1 aromatic carbocycles. The van der Waals surface area contributed by atoms with E-state index >= 15 is 0 Å². The summed E-state index contributed by atoms with van der Waals surface area (Å²) >= 11 is 1.54. The number of benzene rings is 1. The molecule has 1 atom stereocenters. The number of hydrogen-bond donors (Lipinski definition) is 1. The van der Waals surface area contributed by atoms with E-state index in [4.69, 9.17) is 4.74 Å². The fourth-order valence-electron chi connectivity index (χ4n) is 2.81. The number of hydrogen-bond acceptors (Lipinski definition) is 5. The topological polar surface area (TPSA) is 75.7 Å². The molecule has 1 aliphatic rings. The van der Waals surface area contributed by atoms with Crippen LogP contribution in [0.25, 0.3) is 5.70 Å². The van der Waals surface area contributed by atoms with Crippen molar-refractivity contribution < 1.29 is 19.1 Å². The molecule has 1 aromatic heterocycles. The van der Waals surface area contributed by atoms with Crippen LogP contribution in [-0.2, 0) is 20.9 Å². The highest BCUT2D eigenvalue weighted by atomic mass is 32.1. The van der Waals surface area contributed by atoms with Gasteiger partial charge < -0.3 is 15.0 Å². The zero-order valence-electron chi connectivity index (χ0n) is 14.9. The van der Waals surface area contributed by atoms with E-state index in [1.54, 1.807) is 12.1 Å². The lowest BCUT2D eigenvalue weighted by Gasteiger charge is -2.18. The van der Waals surface area contributed by atoms with Crippen LogP contribution >= 0.6 is 11.3 Å². The van der Waals surface area contributed by atoms with Gasteiger partial charge in [-0.25, -0.2) is 0 Å². The molecule has 7 heteroatoms. The standard InChI is InChI=1S/C20H20N2O4S/c1-13-16-7-3-4-8-17(16)20(25)22(13)10-9-18(23)26-14(2)19(24)21-12-15-6-5-11-27-15/h3-8,11,14H,1,9-10,12H2,2H3,(H,21,24). The van der Waals surface area contributed by atoms with Gasteiger partial charge in [-0.15, -0.1) is 11.3 Å². The monoisotopic (exact) mass is 384 g/mol. The first-order valence-corrected chi connectivity index (χ1v) is 9.45. The predicted molar refractivity (Wildman–Crippen MR) is 103 cm³/mol. The van der Waals surface area contributed by atoms with Crippen molar-refractivity contribution in [1.82, 2.24) is 10.2 Å². The summed E-state index contributed by atoms with van der Waals surface area (Å²) in [6.45, 7) is 6.02. The first kappa shape index (κ1) is 18.8. The van der Waals surface area contributed by atoms with Crippen molar-refractivity contribution in [2.24, 2.45) is 0 Å². The normalized spacial score (nSPS) is 14.0. The van der Waals surface area contributed by atoms with Crippen molar-refractivity contribution in [2.75, 3.05) is 6.54 Å². The summed E-state index contributed by atoms with van der Waals surface area (Å²) in [7, 11) is 0. The molecule has 0 fully saturated rings. The van der Waals surface area contributed by atoms with Crippen LogP contribution < -0.4 is 5.32 Å². The smallest absolute Gasteiger partial charge is 0.308 e. The minimum atomic E-state index is -0.896. The summed E-state index contributed by atoms with van der Waals surface area (Å²) in [6, 6.07) is 11.0. The molecule has 140 valence electrons. The second-order valence-electron chi connectivity index (χ2n) is 6.13. The molecule has 27 heavy (non-hydrogen) atoms. The molecule has 3 rings (SSSR count). The Bertz CT molecular complexity index is 841. The minimum absolute atomic E-state index is 0.0126. The quantitative estimate of drug-likeness (QED) is 0.745. The molecule has 0 saturated heterocycles. The number of thiophene rings is 1. The molecular formula is C20H20N2O4S. The molecule has 2 heterocycles. The largest absolute Gasteiger partial charge is 0.452 e. The van der Waals surface area contributed by atoms with Crippen molar-refractivity contribution in [2.45, 2.75) is 26.0 Å². The summed E-state index contributed by atoms with van der Waals surface area (Å²) in [5.41, 5.74) is 1.93. The number of rotatable bonds is 7. The lowest BCUT2D eigenvalue weighted by Crippen LogP contribution is -2.36. The van der Waals surface area contributed by atoms with E-state index in [0.29, 0.717) is 17.8 Å². The van der Waals surface area contributed by atoms with Gasteiger partial charge in [0.05, 0.1) is 13.0 Å². The second-order valence-corrected chi connectivity index (χ2v) is 7.16. The average Bonchev–Trinajstić information content (AvgIpc) is 3.26. The summed E-state index contributed by atoms with van der Waals surface area (Å²) in [4.78, 5) is 39.0. The van der Waals surface area contributed by atoms with Gasteiger partial charge in [0, 0.05) is 28.2 Å². The van der Waals surface area contributed by atoms with Crippen molar-refractivity contribution in [3.8, 4) is 0 Å². The molecule has 1 aliphatic heterocycles. The number of nitrogens with one attached hydrogen (secondary N) is 1. The Labute approximate surface area is 161 Å². The van der Waals surface area contributed by atoms with Gasteiger partial charge in [-0.3, -0.25) is 14.4 Å². The Hall–Kier alpha value is -2.93. The SMILES string of the molecule is C=C1c2ccccc2C(=O)N1CCC(=O)OC(C)C(=O)NCc1cccs1. The lowest BCUT2D eigenvalue weighted by atomic mass is 10.1. The van der Waals surface area contributed by atoms with E-state index in [-0.39, 0.29) is 24.8 Å². The Morgan fingerprint density at radius 1 is 1.22 bits per heavy atom. The van der Waals surface area contributed by atoms with Crippen molar-refractivity contribution >= 4 is 34.8 Å². The number of amides is 2. The summed E-state index contributed by atoms with van der Waals surface area (Å²) in [5, 5.41) is 4.66. The second kappa shape index (κ2) is 8.18. The third-order valence-electron chi connectivity index (χ3n) is 4.27. The zero-order valence-corrected chi connectivity index (χ0v) is 15.8. The third-order valence-corrected chi connectivity index (χ3v) is 5.15. The zero-order chi connectivity index (χ0) is 19.4. The molecule has 2 amide bonds. The summed E-state index contributed by atoms with van der Waals surface area (Å²) in [5.74, 6) is -1.07. The maximum Gasteiger partial charge on any atom is 0.308 e. The van der Waals surface area contributed by atoms with E-state index in [9.17, 15) is 14.4 Å². The molecule has 0 saturated carbocycles. The molecule has 1 unspecified atom stereocenters. The minimum Gasteiger partial charge on any atom is -0.452 e. The molecule has 0 radical (unpaired) electrons. The number of esters is 1. The first-order valence-electron chi connectivity index (χ1n) is 8.57. The van der Waals surface area contributed by atoms with Gasteiger partial charge >= 0.3 is 5.97 Å². The molecule has 1 N–H and O–H groups in total. The highest BCUT2D eigenvalue weighted by molar-refractivity contribution is 7.09. The van der Waals surface area contributed by atoms with Gasteiger partial charge in [0.2, 0.25) is 0 Å².